The number of rotatable bonds is 7. The summed E-state index contributed by atoms with van der Waals surface area (Å²) in [4.78, 5) is 12.6. The number of hydrogen-bond acceptors (Lipinski definition) is 5. The predicted molar refractivity (Wildman–Crippen MR) is 120 cm³/mol. The number of nitrogens with zero attached hydrogens (tertiary/aromatic N) is 3. The average Bonchev–Trinajstić information content (AvgIpc) is 3.52. The van der Waals surface area contributed by atoms with Crippen LogP contribution in [0.4, 0.5) is 0 Å². The zero-order valence-corrected chi connectivity index (χ0v) is 17.4. The number of methoxy groups -OCH3 is 1. The van der Waals surface area contributed by atoms with Gasteiger partial charge in [-0.3, -0.25) is 4.79 Å². The Kier molecular flexibility index (Phi) is 6.14. The molecule has 158 valence electrons. The first-order chi connectivity index (χ1) is 15.7. The standard InChI is InChI=1S/C25H20N4O3/c1-31-22-10-5-7-18(14-22)24-20(17-29(28-24)21-8-3-2-4-9-21)13-19(15-26)25(30)27-16-23-11-6-12-32-23/h2-14,17H,16H2,1H3,(H,27,30). The third-order valence-corrected chi connectivity index (χ3v) is 4.77. The van der Waals surface area contributed by atoms with Gasteiger partial charge in [0.1, 0.15) is 28.8 Å². The molecule has 0 aliphatic heterocycles. The number of aromatic nitrogens is 2. The lowest BCUT2D eigenvalue weighted by molar-refractivity contribution is -0.117. The van der Waals surface area contributed by atoms with E-state index in [1.807, 2.05) is 60.7 Å². The van der Waals surface area contributed by atoms with Crippen molar-refractivity contribution in [1.82, 2.24) is 15.1 Å². The van der Waals surface area contributed by atoms with Crippen molar-refractivity contribution in [3.8, 4) is 28.8 Å². The third kappa shape index (κ3) is 4.60. The minimum atomic E-state index is -0.493. The summed E-state index contributed by atoms with van der Waals surface area (Å²) >= 11 is 0. The van der Waals surface area contributed by atoms with Crippen LogP contribution in [0.2, 0.25) is 0 Å². The number of nitrogens with one attached hydrogen (secondary N) is 1. The van der Waals surface area contributed by atoms with Crippen molar-refractivity contribution in [3.05, 3.63) is 96.1 Å². The summed E-state index contributed by atoms with van der Waals surface area (Å²) in [5.74, 6) is 0.793. The second-order valence-corrected chi connectivity index (χ2v) is 6.88. The molecule has 1 amide bonds. The molecule has 7 nitrogen and oxygen atoms in total. The van der Waals surface area contributed by atoms with Crippen LogP contribution in [0.1, 0.15) is 11.3 Å². The summed E-state index contributed by atoms with van der Waals surface area (Å²) < 4.78 is 12.3. The van der Waals surface area contributed by atoms with Gasteiger partial charge in [-0.15, -0.1) is 0 Å². The van der Waals surface area contributed by atoms with Crippen LogP contribution < -0.4 is 10.1 Å². The van der Waals surface area contributed by atoms with Gasteiger partial charge in [0.05, 0.1) is 25.6 Å². The van der Waals surface area contributed by atoms with E-state index in [2.05, 4.69) is 5.32 Å². The van der Waals surface area contributed by atoms with Gasteiger partial charge in [-0.05, 0) is 42.5 Å². The van der Waals surface area contributed by atoms with Crippen molar-refractivity contribution >= 4 is 12.0 Å². The van der Waals surface area contributed by atoms with E-state index in [4.69, 9.17) is 14.3 Å². The largest absolute Gasteiger partial charge is 0.497 e. The number of para-hydroxylation sites is 1. The Morgan fingerprint density at radius 1 is 1.19 bits per heavy atom. The molecule has 0 saturated heterocycles. The van der Waals surface area contributed by atoms with Crippen molar-refractivity contribution in [2.24, 2.45) is 0 Å². The van der Waals surface area contributed by atoms with Crippen LogP contribution in [-0.2, 0) is 11.3 Å². The fourth-order valence-electron chi connectivity index (χ4n) is 3.18. The summed E-state index contributed by atoms with van der Waals surface area (Å²) in [6.45, 7) is 0.191. The van der Waals surface area contributed by atoms with E-state index in [1.54, 1.807) is 36.2 Å². The zero-order chi connectivity index (χ0) is 22.3. The summed E-state index contributed by atoms with van der Waals surface area (Å²) in [7, 11) is 1.60. The topological polar surface area (TPSA) is 93.1 Å². The molecule has 2 aromatic heterocycles. The van der Waals surface area contributed by atoms with Gasteiger partial charge in [-0.25, -0.2) is 4.68 Å². The van der Waals surface area contributed by atoms with Crippen molar-refractivity contribution in [3.63, 3.8) is 0 Å². The van der Waals surface area contributed by atoms with Gasteiger partial charge in [-0.1, -0.05) is 30.3 Å². The van der Waals surface area contributed by atoms with Gasteiger partial charge in [0.15, 0.2) is 0 Å². The molecule has 0 aliphatic rings. The Balaban J connectivity index is 1.72. The molecule has 2 heterocycles. The molecule has 2 aromatic carbocycles. The number of nitriles is 1. The molecule has 0 aliphatic carbocycles. The van der Waals surface area contributed by atoms with E-state index in [-0.39, 0.29) is 12.1 Å². The van der Waals surface area contributed by atoms with Gasteiger partial charge in [0, 0.05) is 17.3 Å². The predicted octanol–water partition coefficient (Wildman–Crippen LogP) is 4.36. The highest BCUT2D eigenvalue weighted by Gasteiger charge is 2.16. The molecular weight excluding hydrogens is 404 g/mol. The Hall–Kier alpha value is -4.57. The summed E-state index contributed by atoms with van der Waals surface area (Å²) in [5, 5.41) is 17.1. The van der Waals surface area contributed by atoms with Crippen LogP contribution in [0, 0.1) is 11.3 Å². The number of hydrogen-bond donors (Lipinski definition) is 1. The summed E-state index contributed by atoms with van der Waals surface area (Å²) in [5.41, 5.74) is 2.88. The SMILES string of the molecule is COc1cccc(-c2nn(-c3ccccc3)cc2C=C(C#N)C(=O)NCc2ccco2)c1. The first-order valence-corrected chi connectivity index (χ1v) is 9.90. The molecule has 0 fully saturated rings. The highest BCUT2D eigenvalue weighted by atomic mass is 16.5. The molecule has 1 N–H and O–H groups in total. The minimum Gasteiger partial charge on any atom is -0.497 e. The maximum Gasteiger partial charge on any atom is 0.262 e. The molecule has 32 heavy (non-hydrogen) atoms. The number of benzene rings is 2. The smallest absolute Gasteiger partial charge is 0.262 e. The van der Waals surface area contributed by atoms with Crippen molar-refractivity contribution in [2.75, 3.05) is 7.11 Å². The summed E-state index contributed by atoms with van der Waals surface area (Å²) in [6, 6.07) is 22.6. The number of carbonyl (C=O) groups is 1. The lowest BCUT2D eigenvalue weighted by atomic mass is 10.1. The normalized spacial score (nSPS) is 11.1. The molecular formula is C25H20N4O3. The van der Waals surface area contributed by atoms with Crippen LogP contribution >= 0.6 is 0 Å². The minimum absolute atomic E-state index is 0.0340. The van der Waals surface area contributed by atoms with E-state index in [1.165, 1.54) is 6.26 Å². The molecule has 4 aromatic rings. The number of furan rings is 1. The van der Waals surface area contributed by atoms with Crippen LogP contribution in [0.15, 0.2) is 89.2 Å². The molecule has 0 spiro atoms. The van der Waals surface area contributed by atoms with Gasteiger partial charge in [0.2, 0.25) is 0 Å². The monoisotopic (exact) mass is 424 g/mol. The molecule has 0 saturated carbocycles. The van der Waals surface area contributed by atoms with Crippen LogP contribution in [0.25, 0.3) is 23.0 Å². The van der Waals surface area contributed by atoms with Crippen LogP contribution in [0.5, 0.6) is 5.75 Å². The van der Waals surface area contributed by atoms with E-state index in [0.717, 1.165) is 11.3 Å². The highest BCUT2D eigenvalue weighted by Crippen LogP contribution is 2.28. The number of carbonyl (C=O) groups excluding carboxylic acids is 1. The fraction of sp³-hybridized carbons (Fsp3) is 0.0800. The van der Waals surface area contributed by atoms with Crippen molar-refractivity contribution in [2.45, 2.75) is 6.54 Å². The highest BCUT2D eigenvalue weighted by molar-refractivity contribution is 6.02. The fourth-order valence-corrected chi connectivity index (χ4v) is 3.18. The second kappa shape index (κ2) is 9.49. The van der Waals surface area contributed by atoms with Crippen molar-refractivity contribution < 1.29 is 13.9 Å². The maximum atomic E-state index is 12.6. The van der Waals surface area contributed by atoms with E-state index in [0.29, 0.717) is 22.8 Å². The first kappa shape index (κ1) is 20.7. The lowest BCUT2D eigenvalue weighted by Crippen LogP contribution is -2.23. The number of amides is 1. The van der Waals surface area contributed by atoms with Crippen molar-refractivity contribution in [1.29, 1.82) is 5.26 Å². The maximum absolute atomic E-state index is 12.6. The number of ether oxygens (including phenoxy) is 1. The Morgan fingerprint density at radius 3 is 2.75 bits per heavy atom. The van der Waals surface area contributed by atoms with Gasteiger partial charge < -0.3 is 14.5 Å². The molecule has 7 heteroatoms. The third-order valence-electron chi connectivity index (χ3n) is 4.77. The van der Waals surface area contributed by atoms with E-state index < -0.39 is 5.91 Å². The van der Waals surface area contributed by atoms with Gasteiger partial charge >= 0.3 is 0 Å². The Labute approximate surface area is 185 Å². The van der Waals surface area contributed by atoms with Gasteiger partial charge in [0.25, 0.3) is 5.91 Å². The summed E-state index contributed by atoms with van der Waals surface area (Å²) in [6.07, 6.45) is 4.86. The Bertz CT molecular complexity index is 1280. The van der Waals surface area contributed by atoms with Gasteiger partial charge in [-0.2, -0.15) is 10.4 Å². The quantitative estimate of drug-likeness (QED) is 0.351. The van der Waals surface area contributed by atoms with E-state index >= 15 is 0 Å². The molecule has 0 bridgehead atoms. The molecule has 0 radical (unpaired) electrons. The first-order valence-electron chi connectivity index (χ1n) is 9.90. The van der Waals surface area contributed by atoms with Crippen LogP contribution in [-0.4, -0.2) is 22.8 Å². The molecule has 4 rings (SSSR count). The zero-order valence-electron chi connectivity index (χ0n) is 17.4. The van der Waals surface area contributed by atoms with E-state index in [9.17, 15) is 10.1 Å². The second-order valence-electron chi connectivity index (χ2n) is 6.88. The molecule has 0 atom stereocenters. The lowest BCUT2D eigenvalue weighted by Gasteiger charge is -2.04. The molecule has 0 unspecified atom stereocenters. The average molecular weight is 424 g/mol. The van der Waals surface area contributed by atoms with Crippen LogP contribution in [0.3, 0.4) is 0 Å². The Morgan fingerprint density at radius 2 is 2.03 bits per heavy atom.